The van der Waals surface area contributed by atoms with Crippen LogP contribution in [0.3, 0.4) is 0 Å². The molecule has 2 aromatic heterocycles. The Balaban J connectivity index is 1.71. The molecule has 1 unspecified atom stereocenters. The number of fused-ring (bicyclic) bond motifs is 3. The predicted octanol–water partition coefficient (Wildman–Crippen LogP) is 7.59. The van der Waals surface area contributed by atoms with Gasteiger partial charge in [-0.3, -0.25) is 0 Å². The molecule has 0 saturated carbocycles. The second-order valence-electron chi connectivity index (χ2n) is 7.79. The van der Waals surface area contributed by atoms with Gasteiger partial charge in [-0.2, -0.15) is 9.78 Å². The van der Waals surface area contributed by atoms with Crippen LogP contribution in [0.15, 0.2) is 34.5 Å². The molecule has 168 valence electrons. The number of thiazole rings is 1. The van der Waals surface area contributed by atoms with Gasteiger partial charge in [-0.05, 0) is 61.7 Å². The molecular weight excluding hydrogens is 504 g/mol. The Morgan fingerprint density at radius 1 is 1.15 bits per heavy atom. The molecule has 0 aliphatic carbocycles. The van der Waals surface area contributed by atoms with Crippen LogP contribution in [0.5, 0.6) is 0 Å². The van der Waals surface area contributed by atoms with Crippen molar-refractivity contribution in [2.75, 3.05) is 0 Å². The number of halogens is 3. The summed E-state index contributed by atoms with van der Waals surface area (Å²) in [7, 11) is 0. The van der Waals surface area contributed by atoms with Crippen LogP contribution in [0.25, 0.3) is 27.5 Å². The number of nitrogens with zero attached hydrogens (tertiary/aromatic N) is 3. The van der Waals surface area contributed by atoms with E-state index < -0.39 is 11.8 Å². The smallest absolute Gasteiger partial charge is 0.355 e. The maximum Gasteiger partial charge on any atom is 0.355 e. The summed E-state index contributed by atoms with van der Waals surface area (Å²) in [4.78, 5) is 17.1. The van der Waals surface area contributed by atoms with E-state index in [9.17, 15) is 14.3 Å². The van der Waals surface area contributed by atoms with Gasteiger partial charge >= 0.3 is 5.97 Å². The van der Waals surface area contributed by atoms with Crippen molar-refractivity contribution in [3.63, 3.8) is 0 Å². The van der Waals surface area contributed by atoms with Crippen molar-refractivity contribution in [3.8, 4) is 27.5 Å². The Kier molecular flexibility index (Phi) is 5.52. The van der Waals surface area contributed by atoms with Crippen LogP contribution >= 0.6 is 46.3 Å². The van der Waals surface area contributed by atoms with Crippen LogP contribution in [0.4, 0.5) is 4.39 Å². The molecule has 0 amide bonds. The molecule has 10 heteroatoms. The van der Waals surface area contributed by atoms with E-state index in [0.717, 1.165) is 21.0 Å². The predicted molar refractivity (Wildman–Crippen MR) is 131 cm³/mol. The second kappa shape index (κ2) is 8.13. The lowest BCUT2D eigenvalue weighted by Crippen LogP contribution is -2.09. The van der Waals surface area contributed by atoms with Crippen molar-refractivity contribution >= 4 is 52.3 Å². The average Bonchev–Trinajstić information content (AvgIpc) is 3.29. The Bertz CT molecular complexity index is 1440. The number of hydrogen-bond acceptors (Lipinski definition) is 5. The number of hydrogen-bond donors (Lipinski definition) is 1. The maximum absolute atomic E-state index is 14.1. The summed E-state index contributed by atoms with van der Waals surface area (Å²) in [5.41, 5.74) is 4.55. The van der Waals surface area contributed by atoms with E-state index in [4.69, 9.17) is 28.2 Å². The van der Waals surface area contributed by atoms with Crippen LogP contribution in [-0.4, -0.2) is 25.8 Å². The number of carboxylic acids is 1. The van der Waals surface area contributed by atoms with Crippen molar-refractivity contribution in [3.05, 3.63) is 68.7 Å². The van der Waals surface area contributed by atoms with Crippen molar-refractivity contribution in [2.45, 2.75) is 30.2 Å². The highest BCUT2D eigenvalue weighted by Gasteiger charge is 2.31. The van der Waals surface area contributed by atoms with Crippen molar-refractivity contribution < 1.29 is 14.3 Å². The quantitative estimate of drug-likeness (QED) is 0.302. The molecule has 0 saturated heterocycles. The van der Waals surface area contributed by atoms with E-state index in [1.54, 1.807) is 37.7 Å². The Morgan fingerprint density at radius 3 is 2.58 bits per heavy atom. The van der Waals surface area contributed by atoms with E-state index in [-0.39, 0.29) is 10.9 Å². The monoisotopic (exact) mass is 519 g/mol. The van der Waals surface area contributed by atoms with Gasteiger partial charge in [-0.1, -0.05) is 40.6 Å². The fraction of sp³-hybridized carbons (Fsp3) is 0.174. The summed E-state index contributed by atoms with van der Waals surface area (Å²) in [5.74, 6) is -1.60. The van der Waals surface area contributed by atoms with Crippen molar-refractivity contribution in [1.82, 2.24) is 14.8 Å². The number of aromatic nitrogens is 3. The molecule has 5 nitrogen and oxygen atoms in total. The molecule has 33 heavy (non-hydrogen) atoms. The fourth-order valence-corrected chi connectivity index (χ4v) is 6.92. The first-order valence-corrected chi connectivity index (χ1v) is 12.4. The summed E-state index contributed by atoms with van der Waals surface area (Å²) in [6.07, 6.45) is 0. The first kappa shape index (κ1) is 22.4. The van der Waals surface area contributed by atoms with Gasteiger partial charge in [0.25, 0.3) is 0 Å². The number of benzene rings is 2. The van der Waals surface area contributed by atoms with Gasteiger partial charge in [-0.15, -0.1) is 11.8 Å². The Hall–Kier alpha value is -2.39. The van der Waals surface area contributed by atoms with Crippen LogP contribution < -0.4 is 0 Å². The number of carbonyl (C=O) groups is 1. The van der Waals surface area contributed by atoms with Crippen LogP contribution in [-0.2, 0) is 0 Å². The number of aryl methyl sites for hydroxylation is 2. The van der Waals surface area contributed by atoms with E-state index in [0.29, 0.717) is 37.6 Å². The third kappa shape index (κ3) is 3.75. The molecule has 0 bridgehead atoms. The first-order chi connectivity index (χ1) is 15.6. The minimum atomic E-state index is -1.17. The first-order valence-electron chi connectivity index (χ1n) is 9.91. The van der Waals surface area contributed by atoms with E-state index in [1.807, 2.05) is 6.07 Å². The van der Waals surface area contributed by atoms with Gasteiger partial charge in [0.05, 0.1) is 25.6 Å². The van der Waals surface area contributed by atoms with Gasteiger partial charge in [0.2, 0.25) is 5.13 Å². The summed E-state index contributed by atoms with van der Waals surface area (Å²) >= 11 is 15.5. The highest BCUT2D eigenvalue weighted by atomic mass is 35.5. The largest absolute Gasteiger partial charge is 0.476 e. The molecule has 3 heterocycles. The Morgan fingerprint density at radius 2 is 1.88 bits per heavy atom. The molecule has 2 aromatic carbocycles. The molecule has 1 atom stereocenters. The molecule has 1 N–H and O–H groups in total. The zero-order valence-corrected chi connectivity index (χ0v) is 20.8. The third-order valence-electron chi connectivity index (χ3n) is 5.43. The standard InChI is InChI=1S/C23H16Cl2FN3O2S2/c1-9-4-12(6-13(26)5-9)18-10(2)28-29(20(18)21(30)31)23-27-19-15-8-17(25)16(24)7-14(15)11(3)32-22(19)33-23/h4-8,11H,1-3H3,(H,30,31). The van der Waals surface area contributed by atoms with Crippen LogP contribution in [0.1, 0.15) is 39.5 Å². The summed E-state index contributed by atoms with van der Waals surface area (Å²) < 4.78 is 16.4. The fourth-order valence-electron chi connectivity index (χ4n) is 4.05. The molecule has 0 spiro atoms. The third-order valence-corrected chi connectivity index (χ3v) is 8.53. The lowest BCUT2D eigenvalue weighted by atomic mass is 10.0. The number of rotatable bonds is 3. The van der Waals surface area contributed by atoms with E-state index in [2.05, 4.69) is 12.0 Å². The van der Waals surface area contributed by atoms with Crippen LogP contribution in [0, 0.1) is 19.7 Å². The molecular formula is C23H16Cl2FN3O2S2. The molecule has 1 aliphatic rings. The SMILES string of the molecule is Cc1cc(F)cc(-c2c(C)nn(-c3nc4c(s3)SC(C)c3cc(Cl)c(Cl)cc3-4)c2C(=O)O)c1. The van der Waals surface area contributed by atoms with Gasteiger partial charge in [0.1, 0.15) is 5.82 Å². The maximum atomic E-state index is 14.1. The van der Waals surface area contributed by atoms with Crippen molar-refractivity contribution in [2.24, 2.45) is 0 Å². The van der Waals surface area contributed by atoms with Gasteiger partial charge in [-0.25, -0.2) is 14.2 Å². The minimum Gasteiger partial charge on any atom is -0.476 e. The second-order valence-corrected chi connectivity index (χ2v) is 11.2. The summed E-state index contributed by atoms with van der Waals surface area (Å²) in [5, 5.41) is 16.0. The summed E-state index contributed by atoms with van der Waals surface area (Å²) in [6, 6.07) is 8.11. The van der Waals surface area contributed by atoms with Gasteiger partial charge < -0.3 is 5.11 Å². The highest BCUT2D eigenvalue weighted by molar-refractivity contribution is 8.01. The normalized spacial score (nSPS) is 14.8. The zero-order valence-electron chi connectivity index (χ0n) is 17.6. The van der Waals surface area contributed by atoms with Gasteiger partial charge in [0, 0.05) is 16.4 Å². The van der Waals surface area contributed by atoms with E-state index in [1.165, 1.54) is 28.2 Å². The molecule has 0 fully saturated rings. The number of aromatic carboxylic acids is 1. The average molecular weight is 520 g/mol. The molecule has 1 aliphatic heterocycles. The lowest BCUT2D eigenvalue weighted by molar-refractivity contribution is 0.0688. The molecule has 0 radical (unpaired) electrons. The van der Waals surface area contributed by atoms with Crippen LogP contribution in [0.2, 0.25) is 10.0 Å². The number of carboxylic acid groups (broad SMARTS) is 1. The van der Waals surface area contributed by atoms with Crippen molar-refractivity contribution in [1.29, 1.82) is 0 Å². The summed E-state index contributed by atoms with van der Waals surface area (Å²) in [6.45, 7) is 5.54. The van der Waals surface area contributed by atoms with Gasteiger partial charge in [0.15, 0.2) is 5.69 Å². The number of thioether (sulfide) groups is 1. The Labute approximate surface area is 207 Å². The minimum absolute atomic E-state index is 0.0593. The molecule has 4 aromatic rings. The molecule has 5 rings (SSSR count). The highest BCUT2D eigenvalue weighted by Crippen LogP contribution is 2.53. The van der Waals surface area contributed by atoms with E-state index >= 15 is 0 Å². The lowest BCUT2D eigenvalue weighted by Gasteiger charge is -2.21. The zero-order chi connectivity index (χ0) is 23.6. The topological polar surface area (TPSA) is 68.0 Å².